The number of hydrogen-bond donors (Lipinski definition) is 1. The van der Waals surface area contributed by atoms with Crippen LogP contribution in [0.25, 0.3) is 0 Å². The van der Waals surface area contributed by atoms with Gasteiger partial charge in [-0.1, -0.05) is 32.4 Å². The zero-order valence-electron chi connectivity index (χ0n) is 11.3. The summed E-state index contributed by atoms with van der Waals surface area (Å²) < 4.78 is 5.51. The van der Waals surface area contributed by atoms with E-state index < -0.39 is 0 Å². The first-order valence-electron chi connectivity index (χ1n) is 7.03. The highest BCUT2D eigenvalue weighted by atomic mass is 16.6. The van der Waals surface area contributed by atoms with Gasteiger partial charge in [0, 0.05) is 11.8 Å². The topological polar surface area (TPSA) is 46.5 Å². The molecule has 3 rings (SSSR count). The van der Waals surface area contributed by atoms with Crippen LogP contribution in [-0.2, 0) is 9.53 Å². The SMILES string of the molecule is C[C@@H]1C(=O)O[C@@H]2C[C@@]3(C)CC[C@@H](O)[C@H](C)C3=C[C@H]12. The van der Waals surface area contributed by atoms with Gasteiger partial charge in [0.05, 0.1) is 12.0 Å². The summed E-state index contributed by atoms with van der Waals surface area (Å²) in [5, 5.41) is 10.1. The van der Waals surface area contributed by atoms with E-state index in [1.165, 1.54) is 5.57 Å². The van der Waals surface area contributed by atoms with Gasteiger partial charge in [-0.2, -0.15) is 0 Å². The fraction of sp³-hybridized carbons (Fsp3) is 0.800. The second kappa shape index (κ2) is 3.83. The Balaban J connectivity index is 1.99. The summed E-state index contributed by atoms with van der Waals surface area (Å²) in [6, 6.07) is 0. The third-order valence-corrected chi connectivity index (χ3v) is 5.43. The van der Waals surface area contributed by atoms with Crippen LogP contribution in [0.2, 0.25) is 0 Å². The van der Waals surface area contributed by atoms with Gasteiger partial charge in [-0.15, -0.1) is 0 Å². The Hall–Kier alpha value is -0.830. The molecule has 1 aliphatic heterocycles. The van der Waals surface area contributed by atoms with Gasteiger partial charge in [0.1, 0.15) is 6.10 Å². The molecule has 1 saturated carbocycles. The molecule has 0 radical (unpaired) electrons. The molecule has 0 bridgehead atoms. The lowest BCUT2D eigenvalue weighted by Gasteiger charge is -2.47. The molecule has 3 nitrogen and oxygen atoms in total. The Morgan fingerprint density at radius 1 is 1.39 bits per heavy atom. The summed E-state index contributed by atoms with van der Waals surface area (Å²) in [5.41, 5.74) is 1.47. The van der Waals surface area contributed by atoms with Crippen molar-refractivity contribution in [2.45, 2.75) is 52.2 Å². The highest BCUT2D eigenvalue weighted by molar-refractivity contribution is 5.75. The van der Waals surface area contributed by atoms with Crippen LogP contribution in [0.1, 0.15) is 40.0 Å². The molecular formula is C15H22O3. The Bertz CT molecular complexity index is 414. The van der Waals surface area contributed by atoms with Gasteiger partial charge < -0.3 is 9.84 Å². The summed E-state index contributed by atoms with van der Waals surface area (Å²) in [6.45, 7) is 6.32. The van der Waals surface area contributed by atoms with Crippen LogP contribution in [0.4, 0.5) is 0 Å². The van der Waals surface area contributed by atoms with E-state index in [1.54, 1.807) is 0 Å². The number of ether oxygens (including phenoxy) is 1. The zero-order valence-corrected chi connectivity index (χ0v) is 11.3. The molecular weight excluding hydrogens is 228 g/mol. The minimum absolute atomic E-state index is 0.0293. The average molecular weight is 250 g/mol. The van der Waals surface area contributed by atoms with E-state index in [4.69, 9.17) is 4.74 Å². The Kier molecular flexibility index (Phi) is 2.60. The number of aliphatic hydroxyl groups is 1. The van der Waals surface area contributed by atoms with Crippen molar-refractivity contribution in [3.63, 3.8) is 0 Å². The van der Waals surface area contributed by atoms with Gasteiger partial charge in [-0.3, -0.25) is 4.79 Å². The molecule has 2 aliphatic carbocycles. The fourth-order valence-corrected chi connectivity index (χ4v) is 4.09. The van der Waals surface area contributed by atoms with E-state index in [0.29, 0.717) is 0 Å². The first-order valence-corrected chi connectivity index (χ1v) is 7.03. The normalized spacial score (nSPS) is 51.2. The standard InChI is InChI=1S/C15H22O3/c1-8-10-6-11-9(2)12(16)4-5-15(11,3)7-13(10)18-14(8)17/h6,8-10,12-13,16H,4-5,7H2,1-3H3/t8-,9+,10+,12+,13+,15+/m0/s1. The number of carbonyl (C=O) groups is 1. The van der Waals surface area contributed by atoms with E-state index in [2.05, 4.69) is 19.9 Å². The fourth-order valence-electron chi connectivity index (χ4n) is 4.09. The maximum Gasteiger partial charge on any atom is 0.309 e. The Morgan fingerprint density at radius 2 is 2.11 bits per heavy atom. The van der Waals surface area contributed by atoms with Crippen molar-refractivity contribution in [2.75, 3.05) is 0 Å². The molecule has 1 saturated heterocycles. The zero-order chi connectivity index (χ0) is 13.1. The molecule has 0 spiro atoms. The minimum atomic E-state index is -0.228. The van der Waals surface area contributed by atoms with E-state index >= 15 is 0 Å². The summed E-state index contributed by atoms with van der Waals surface area (Å²) in [5.74, 6) is 0.344. The Morgan fingerprint density at radius 3 is 2.83 bits per heavy atom. The first kappa shape index (κ1) is 12.2. The highest BCUT2D eigenvalue weighted by Crippen LogP contribution is 2.53. The van der Waals surface area contributed by atoms with Crippen molar-refractivity contribution in [1.29, 1.82) is 0 Å². The predicted octanol–water partition coefficient (Wildman–Crippen LogP) is 2.29. The first-order chi connectivity index (χ1) is 8.42. The summed E-state index contributed by atoms with van der Waals surface area (Å²) >= 11 is 0. The van der Waals surface area contributed by atoms with Crippen LogP contribution in [0, 0.1) is 23.2 Å². The van der Waals surface area contributed by atoms with Crippen molar-refractivity contribution >= 4 is 5.97 Å². The van der Waals surface area contributed by atoms with E-state index in [0.717, 1.165) is 19.3 Å². The molecule has 0 aromatic rings. The molecule has 0 amide bonds. The number of aliphatic hydroxyl groups excluding tert-OH is 1. The van der Waals surface area contributed by atoms with Gasteiger partial charge in [-0.25, -0.2) is 0 Å². The van der Waals surface area contributed by atoms with Crippen molar-refractivity contribution < 1.29 is 14.6 Å². The van der Waals surface area contributed by atoms with E-state index in [-0.39, 0.29) is 41.3 Å². The highest BCUT2D eigenvalue weighted by Gasteiger charge is 2.51. The molecule has 6 atom stereocenters. The van der Waals surface area contributed by atoms with Crippen LogP contribution in [0.3, 0.4) is 0 Å². The van der Waals surface area contributed by atoms with Crippen LogP contribution in [0.5, 0.6) is 0 Å². The van der Waals surface area contributed by atoms with E-state index in [1.807, 2.05) is 6.92 Å². The Labute approximate surface area is 108 Å². The van der Waals surface area contributed by atoms with Crippen LogP contribution in [0.15, 0.2) is 11.6 Å². The third kappa shape index (κ3) is 1.56. The van der Waals surface area contributed by atoms with Gasteiger partial charge in [0.2, 0.25) is 0 Å². The number of fused-ring (bicyclic) bond motifs is 2. The summed E-state index contributed by atoms with van der Waals surface area (Å²) in [4.78, 5) is 11.7. The smallest absolute Gasteiger partial charge is 0.309 e. The molecule has 1 N–H and O–H groups in total. The molecule has 0 aromatic heterocycles. The predicted molar refractivity (Wildman–Crippen MR) is 67.7 cm³/mol. The maximum atomic E-state index is 11.7. The van der Waals surface area contributed by atoms with Crippen LogP contribution < -0.4 is 0 Å². The van der Waals surface area contributed by atoms with Gasteiger partial charge in [-0.05, 0) is 24.7 Å². The monoisotopic (exact) mass is 250 g/mol. The van der Waals surface area contributed by atoms with E-state index in [9.17, 15) is 9.90 Å². The maximum absolute atomic E-state index is 11.7. The summed E-state index contributed by atoms with van der Waals surface area (Å²) in [7, 11) is 0. The molecule has 3 heteroatoms. The third-order valence-electron chi connectivity index (χ3n) is 5.43. The summed E-state index contributed by atoms with van der Waals surface area (Å²) in [6.07, 6.45) is 4.86. The molecule has 3 aliphatic rings. The van der Waals surface area contributed by atoms with Crippen LogP contribution in [-0.4, -0.2) is 23.3 Å². The van der Waals surface area contributed by atoms with Crippen molar-refractivity contribution in [1.82, 2.24) is 0 Å². The lowest BCUT2D eigenvalue weighted by atomic mass is 9.59. The molecule has 2 fully saturated rings. The molecule has 0 unspecified atom stereocenters. The van der Waals surface area contributed by atoms with Crippen LogP contribution >= 0.6 is 0 Å². The lowest BCUT2D eigenvalue weighted by molar-refractivity contribution is -0.145. The van der Waals surface area contributed by atoms with Gasteiger partial charge >= 0.3 is 5.97 Å². The average Bonchev–Trinajstić information content (AvgIpc) is 2.58. The van der Waals surface area contributed by atoms with Gasteiger partial charge in [0.25, 0.3) is 0 Å². The minimum Gasteiger partial charge on any atom is -0.461 e. The largest absolute Gasteiger partial charge is 0.461 e. The molecule has 1 heterocycles. The quantitative estimate of drug-likeness (QED) is 0.530. The number of esters is 1. The second-order valence-electron chi connectivity index (χ2n) is 6.62. The molecule has 0 aromatic carbocycles. The molecule has 18 heavy (non-hydrogen) atoms. The van der Waals surface area contributed by atoms with Crippen molar-refractivity contribution in [3.8, 4) is 0 Å². The van der Waals surface area contributed by atoms with Crippen molar-refractivity contribution in [3.05, 3.63) is 11.6 Å². The second-order valence-corrected chi connectivity index (χ2v) is 6.62. The number of carbonyl (C=O) groups excluding carboxylic acids is 1. The van der Waals surface area contributed by atoms with Gasteiger partial charge in [0.15, 0.2) is 0 Å². The lowest BCUT2D eigenvalue weighted by Crippen LogP contribution is -2.43. The number of rotatable bonds is 0. The number of hydrogen-bond acceptors (Lipinski definition) is 3. The molecule has 100 valence electrons. The van der Waals surface area contributed by atoms with Crippen molar-refractivity contribution in [2.24, 2.45) is 23.2 Å².